The molecular formula is C15H15N7O2S. The molecule has 0 bridgehead atoms. The number of hydrogen-bond donors (Lipinski definition) is 3. The molecule has 1 aromatic carbocycles. The third-order valence-corrected chi connectivity index (χ3v) is 4.77. The average molecular weight is 357 g/mol. The number of hydrogen-bond acceptors (Lipinski definition) is 8. The second-order valence-corrected chi connectivity index (χ2v) is 7.49. The maximum Gasteiger partial charge on any atom is 0.177 e. The van der Waals surface area contributed by atoms with E-state index >= 15 is 0 Å². The first kappa shape index (κ1) is 16.7. The van der Waals surface area contributed by atoms with Crippen molar-refractivity contribution >= 4 is 32.5 Å². The molecule has 0 radical (unpaired) electrons. The first-order chi connectivity index (χ1) is 11.8. The van der Waals surface area contributed by atoms with Gasteiger partial charge in [0, 0.05) is 6.26 Å². The summed E-state index contributed by atoms with van der Waals surface area (Å²) >= 11 is 0. The van der Waals surface area contributed by atoms with Crippen molar-refractivity contribution in [2.45, 2.75) is 17.9 Å². The number of sulfone groups is 1. The van der Waals surface area contributed by atoms with Crippen LogP contribution in [0.5, 0.6) is 0 Å². The molecule has 10 heteroatoms. The Kier molecular flexibility index (Phi) is 4.02. The summed E-state index contributed by atoms with van der Waals surface area (Å²) in [6.07, 6.45) is 2.40. The number of aromatic amines is 1. The number of anilines is 2. The van der Waals surface area contributed by atoms with E-state index in [1.165, 1.54) is 12.4 Å². The zero-order valence-electron chi connectivity index (χ0n) is 13.5. The number of nitrogens with one attached hydrogen (secondary N) is 2. The van der Waals surface area contributed by atoms with Gasteiger partial charge >= 0.3 is 0 Å². The fraction of sp³-hybridized carbons (Fsp3) is 0.200. The molecule has 0 fully saturated rings. The third kappa shape index (κ3) is 3.09. The minimum Gasteiger partial charge on any atom is -0.382 e. The van der Waals surface area contributed by atoms with Gasteiger partial charge in [-0.15, -0.1) is 0 Å². The SMILES string of the molecule is C[C@H](Nc1ncnc(N)c1C#N)c1nc2c(S(C)(=O)=O)cccc2[nH]1. The van der Waals surface area contributed by atoms with Gasteiger partial charge in [-0.25, -0.2) is 23.4 Å². The van der Waals surface area contributed by atoms with Crippen LogP contribution in [0.25, 0.3) is 11.0 Å². The van der Waals surface area contributed by atoms with E-state index < -0.39 is 9.84 Å². The lowest BCUT2D eigenvalue weighted by Gasteiger charge is -2.13. The Morgan fingerprint density at radius 1 is 1.36 bits per heavy atom. The molecule has 0 unspecified atom stereocenters. The van der Waals surface area contributed by atoms with Gasteiger partial charge in [0.05, 0.1) is 16.5 Å². The van der Waals surface area contributed by atoms with Gasteiger partial charge in [-0.3, -0.25) is 0 Å². The summed E-state index contributed by atoms with van der Waals surface area (Å²) in [7, 11) is -3.40. The quantitative estimate of drug-likeness (QED) is 0.633. The molecule has 2 aromatic heterocycles. The third-order valence-electron chi connectivity index (χ3n) is 3.65. The normalized spacial score (nSPS) is 12.7. The van der Waals surface area contributed by atoms with E-state index in [0.29, 0.717) is 16.9 Å². The largest absolute Gasteiger partial charge is 0.382 e. The number of imidazole rings is 1. The smallest absolute Gasteiger partial charge is 0.177 e. The number of rotatable bonds is 4. The zero-order valence-corrected chi connectivity index (χ0v) is 14.3. The van der Waals surface area contributed by atoms with Gasteiger partial charge in [-0.1, -0.05) is 6.07 Å². The molecule has 0 aliphatic carbocycles. The molecule has 4 N–H and O–H groups in total. The van der Waals surface area contributed by atoms with E-state index in [-0.39, 0.29) is 28.1 Å². The fourth-order valence-electron chi connectivity index (χ4n) is 2.42. The molecule has 0 saturated carbocycles. The van der Waals surface area contributed by atoms with Crippen LogP contribution in [0.4, 0.5) is 11.6 Å². The van der Waals surface area contributed by atoms with Crippen molar-refractivity contribution in [3.05, 3.63) is 35.9 Å². The highest BCUT2D eigenvalue weighted by Crippen LogP contribution is 2.25. The van der Waals surface area contributed by atoms with Gasteiger partial charge in [0.1, 0.15) is 40.9 Å². The van der Waals surface area contributed by atoms with Gasteiger partial charge in [0.25, 0.3) is 0 Å². The van der Waals surface area contributed by atoms with Crippen LogP contribution in [0.15, 0.2) is 29.4 Å². The van der Waals surface area contributed by atoms with Crippen molar-refractivity contribution in [1.29, 1.82) is 5.26 Å². The predicted molar refractivity (Wildman–Crippen MR) is 92.4 cm³/mol. The topological polar surface area (TPSA) is 150 Å². The first-order valence-electron chi connectivity index (χ1n) is 7.27. The van der Waals surface area contributed by atoms with Crippen LogP contribution < -0.4 is 11.1 Å². The Morgan fingerprint density at radius 2 is 2.12 bits per heavy atom. The van der Waals surface area contributed by atoms with Gasteiger partial charge in [0.2, 0.25) is 0 Å². The van der Waals surface area contributed by atoms with Crippen molar-refractivity contribution in [3.63, 3.8) is 0 Å². The molecule has 0 spiro atoms. The summed E-state index contributed by atoms with van der Waals surface area (Å²) in [5.74, 6) is 0.870. The van der Waals surface area contributed by atoms with Crippen molar-refractivity contribution in [1.82, 2.24) is 19.9 Å². The standard InChI is InChI=1S/C15H15N7O2S/c1-8(20-15-9(6-16)13(17)18-7-19-15)14-21-10-4-3-5-11(12(10)22-14)25(2,23)24/h3-5,7-8H,1-2H3,(H,21,22)(H3,17,18,19,20)/t8-/m0/s1. The van der Waals surface area contributed by atoms with Crippen molar-refractivity contribution < 1.29 is 8.42 Å². The van der Waals surface area contributed by atoms with Crippen molar-refractivity contribution in [3.8, 4) is 6.07 Å². The molecule has 0 saturated heterocycles. The average Bonchev–Trinajstić information content (AvgIpc) is 2.98. The summed E-state index contributed by atoms with van der Waals surface area (Å²) in [5, 5.41) is 12.2. The molecule has 0 aliphatic heterocycles. The molecular weight excluding hydrogens is 342 g/mol. The van der Waals surface area contributed by atoms with Crippen LogP contribution in [-0.2, 0) is 9.84 Å². The number of nitrogens with zero attached hydrogens (tertiary/aromatic N) is 4. The second-order valence-electron chi connectivity index (χ2n) is 5.51. The maximum absolute atomic E-state index is 11.9. The van der Waals surface area contributed by atoms with E-state index in [0.717, 1.165) is 6.26 Å². The Hall–Kier alpha value is -3.19. The van der Waals surface area contributed by atoms with E-state index in [1.54, 1.807) is 19.1 Å². The van der Waals surface area contributed by atoms with Crippen LogP contribution in [0.1, 0.15) is 24.4 Å². The molecule has 3 aromatic rings. The van der Waals surface area contributed by atoms with Crippen LogP contribution in [0.2, 0.25) is 0 Å². The predicted octanol–water partition coefficient (Wildman–Crippen LogP) is 1.38. The molecule has 25 heavy (non-hydrogen) atoms. The number of aromatic nitrogens is 4. The Bertz CT molecular complexity index is 1100. The lowest BCUT2D eigenvalue weighted by molar-refractivity contribution is 0.602. The maximum atomic E-state index is 11.9. The molecule has 3 rings (SSSR count). The summed E-state index contributed by atoms with van der Waals surface area (Å²) in [4.78, 5) is 15.4. The van der Waals surface area contributed by atoms with Crippen LogP contribution in [-0.4, -0.2) is 34.6 Å². The van der Waals surface area contributed by atoms with E-state index in [4.69, 9.17) is 5.73 Å². The molecule has 0 amide bonds. The number of para-hydroxylation sites is 1. The fourth-order valence-corrected chi connectivity index (χ4v) is 3.25. The summed E-state index contributed by atoms with van der Waals surface area (Å²) in [6, 6.07) is 6.49. The molecule has 2 heterocycles. The molecule has 9 nitrogen and oxygen atoms in total. The van der Waals surface area contributed by atoms with Crippen LogP contribution in [0, 0.1) is 11.3 Å². The summed E-state index contributed by atoms with van der Waals surface area (Å²) < 4.78 is 23.8. The lowest BCUT2D eigenvalue weighted by Crippen LogP contribution is -2.12. The molecule has 1 atom stereocenters. The minimum atomic E-state index is -3.40. The monoisotopic (exact) mass is 357 g/mol. The summed E-state index contributed by atoms with van der Waals surface area (Å²) in [5.41, 5.74) is 6.79. The number of H-pyrrole nitrogens is 1. The number of benzene rings is 1. The van der Waals surface area contributed by atoms with Gasteiger partial charge in [0.15, 0.2) is 9.84 Å². The second kappa shape index (κ2) is 6.03. The van der Waals surface area contributed by atoms with Gasteiger partial charge in [-0.2, -0.15) is 5.26 Å². The molecule has 128 valence electrons. The Morgan fingerprint density at radius 3 is 2.80 bits per heavy atom. The minimum absolute atomic E-state index is 0.0798. The van der Waals surface area contributed by atoms with Gasteiger partial charge in [-0.05, 0) is 19.1 Å². The van der Waals surface area contributed by atoms with Crippen molar-refractivity contribution in [2.75, 3.05) is 17.3 Å². The number of nitrogens with two attached hydrogens (primary N) is 1. The van der Waals surface area contributed by atoms with E-state index in [1.807, 2.05) is 6.07 Å². The first-order valence-corrected chi connectivity index (χ1v) is 9.16. The highest BCUT2D eigenvalue weighted by atomic mass is 32.2. The highest BCUT2D eigenvalue weighted by Gasteiger charge is 2.19. The number of nitriles is 1. The summed E-state index contributed by atoms with van der Waals surface area (Å²) in [6.45, 7) is 1.80. The Balaban J connectivity index is 2.01. The number of fused-ring (bicyclic) bond motifs is 1. The molecule has 0 aliphatic rings. The Labute approximate surface area is 143 Å². The number of nitrogen functional groups attached to an aromatic ring is 1. The zero-order chi connectivity index (χ0) is 18.2. The van der Waals surface area contributed by atoms with Crippen molar-refractivity contribution in [2.24, 2.45) is 0 Å². The van der Waals surface area contributed by atoms with Crippen LogP contribution in [0.3, 0.4) is 0 Å². The van der Waals surface area contributed by atoms with E-state index in [9.17, 15) is 13.7 Å². The highest BCUT2D eigenvalue weighted by molar-refractivity contribution is 7.91. The van der Waals surface area contributed by atoms with Crippen LogP contribution >= 0.6 is 0 Å². The lowest BCUT2D eigenvalue weighted by atomic mass is 10.2. The van der Waals surface area contributed by atoms with Gasteiger partial charge < -0.3 is 16.0 Å². The van der Waals surface area contributed by atoms with E-state index in [2.05, 4.69) is 25.3 Å².